The standard InChI is InChI=1S/C22H25NO3/c1-4-26-21-12-9-16(13-22(21)25-3)14-23(2)15-19-18-8-6-5-7-17(18)10-11-20(19)24/h5-13,24H,4,14-15H2,1-3H3/p+1. The third kappa shape index (κ3) is 3.92. The lowest BCUT2D eigenvalue weighted by Gasteiger charge is -2.17. The van der Waals surface area contributed by atoms with E-state index in [2.05, 4.69) is 25.2 Å². The predicted octanol–water partition coefficient (Wildman–Crippen LogP) is 3.17. The molecule has 0 bridgehead atoms. The fourth-order valence-corrected chi connectivity index (χ4v) is 3.32. The number of benzene rings is 3. The Morgan fingerprint density at radius 3 is 2.54 bits per heavy atom. The number of nitrogens with one attached hydrogen (secondary N) is 1. The lowest BCUT2D eigenvalue weighted by molar-refractivity contribution is -0.907. The summed E-state index contributed by atoms with van der Waals surface area (Å²) in [7, 11) is 3.79. The summed E-state index contributed by atoms with van der Waals surface area (Å²) < 4.78 is 11.0. The van der Waals surface area contributed by atoms with E-state index in [1.54, 1.807) is 13.2 Å². The zero-order valence-electron chi connectivity index (χ0n) is 15.6. The molecule has 26 heavy (non-hydrogen) atoms. The molecule has 0 heterocycles. The molecule has 0 saturated carbocycles. The summed E-state index contributed by atoms with van der Waals surface area (Å²) in [5.74, 6) is 1.88. The number of aromatic hydroxyl groups is 1. The zero-order chi connectivity index (χ0) is 18.5. The monoisotopic (exact) mass is 352 g/mol. The number of hydrogen-bond donors (Lipinski definition) is 2. The molecule has 0 spiro atoms. The summed E-state index contributed by atoms with van der Waals surface area (Å²) in [6.07, 6.45) is 0. The van der Waals surface area contributed by atoms with E-state index in [9.17, 15) is 5.11 Å². The average Bonchev–Trinajstić information content (AvgIpc) is 2.65. The molecule has 0 saturated heterocycles. The molecule has 3 aromatic carbocycles. The second-order valence-corrected chi connectivity index (χ2v) is 6.51. The Kier molecular flexibility index (Phi) is 5.64. The highest BCUT2D eigenvalue weighted by Crippen LogP contribution is 2.28. The predicted molar refractivity (Wildman–Crippen MR) is 104 cm³/mol. The van der Waals surface area contributed by atoms with Crippen LogP contribution in [0, 0.1) is 0 Å². The van der Waals surface area contributed by atoms with Crippen molar-refractivity contribution in [2.45, 2.75) is 20.0 Å². The van der Waals surface area contributed by atoms with Crippen LogP contribution in [0.25, 0.3) is 10.8 Å². The minimum absolute atomic E-state index is 0.354. The number of methoxy groups -OCH3 is 1. The molecule has 3 rings (SSSR count). The first kappa shape index (κ1) is 18.1. The summed E-state index contributed by atoms with van der Waals surface area (Å²) in [6, 6.07) is 18.0. The molecule has 3 aromatic rings. The van der Waals surface area contributed by atoms with Gasteiger partial charge >= 0.3 is 0 Å². The average molecular weight is 352 g/mol. The van der Waals surface area contributed by atoms with Gasteiger partial charge in [0.15, 0.2) is 11.5 Å². The number of rotatable bonds is 7. The SMILES string of the molecule is CCOc1ccc(C[NH+](C)Cc2c(O)ccc3ccccc23)cc1OC. The van der Waals surface area contributed by atoms with Crippen molar-refractivity contribution in [1.29, 1.82) is 0 Å². The van der Waals surface area contributed by atoms with Crippen molar-refractivity contribution in [3.63, 3.8) is 0 Å². The molecule has 1 atom stereocenters. The largest absolute Gasteiger partial charge is 0.507 e. The van der Waals surface area contributed by atoms with Crippen LogP contribution in [-0.4, -0.2) is 25.9 Å². The van der Waals surface area contributed by atoms with Gasteiger partial charge in [0.2, 0.25) is 0 Å². The topological polar surface area (TPSA) is 43.1 Å². The molecule has 0 amide bonds. The Balaban J connectivity index is 1.79. The molecular weight excluding hydrogens is 326 g/mol. The fourth-order valence-electron chi connectivity index (χ4n) is 3.32. The van der Waals surface area contributed by atoms with E-state index in [0.717, 1.165) is 40.9 Å². The number of quaternary nitrogens is 1. The first-order chi connectivity index (χ1) is 12.6. The first-order valence-electron chi connectivity index (χ1n) is 8.93. The van der Waals surface area contributed by atoms with Crippen molar-refractivity contribution >= 4 is 10.8 Å². The van der Waals surface area contributed by atoms with E-state index in [0.29, 0.717) is 12.4 Å². The van der Waals surface area contributed by atoms with Gasteiger partial charge in [-0.2, -0.15) is 0 Å². The van der Waals surface area contributed by atoms with Crippen LogP contribution in [0.5, 0.6) is 17.2 Å². The molecule has 4 nitrogen and oxygen atoms in total. The smallest absolute Gasteiger partial charge is 0.161 e. The van der Waals surface area contributed by atoms with E-state index in [1.807, 2.05) is 37.3 Å². The molecular formula is C22H26NO3+. The molecule has 0 aliphatic carbocycles. The van der Waals surface area contributed by atoms with Gasteiger partial charge in [-0.05, 0) is 42.0 Å². The summed E-state index contributed by atoms with van der Waals surface area (Å²) in [5, 5.41) is 12.6. The van der Waals surface area contributed by atoms with Gasteiger partial charge in [0.1, 0.15) is 18.8 Å². The molecule has 0 radical (unpaired) electrons. The Morgan fingerprint density at radius 2 is 1.77 bits per heavy atom. The van der Waals surface area contributed by atoms with Crippen LogP contribution in [0.15, 0.2) is 54.6 Å². The quantitative estimate of drug-likeness (QED) is 0.686. The number of ether oxygens (including phenoxy) is 2. The first-order valence-corrected chi connectivity index (χ1v) is 8.93. The van der Waals surface area contributed by atoms with E-state index in [1.165, 1.54) is 10.5 Å². The molecule has 0 aliphatic heterocycles. The van der Waals surface area contributed by atoms with E-state index < -0.39 is 0 Å². The molecule has 0 fully saturated rings. The molecule has 4 heteroatoms. The van der Waals surface area contributed by atoms with Crippen LogP contribution in [0.4, 0.5) is 0 Å². The van der Waals surface area contributed by atoms with Gasteiger partial charge in [-0.1, -0.05) is 30.3 Å². The molecule has 1 unspecified atom stereocenters. The van der Waals surface area contributed by atoms with Gasteiger partial charge in [-0.15, -0.1) is 0 Å². The van der Waals surface area contributed by atoms with Crippen LogP contribution in [0.1, 0.15) is 18.1 Å². The van der Waals surface area contributed by atoms with Crippen molar-refractivity contribution in [2.75, 3.05) is 20.8 Å². The van der Waals surface area contributed by atoms with E-state index in [-0.39, 0.29) is 0 Å². The maximum Gasteiger partial charge on any atom is 0.161 e. The zero-order valence-corrected chi connectivity index (χ0v) is 15.6. The second kappa shape index (κ2) is 8.11. The third-order valence-corrected chi connectivity index (χ3v) is 4.53. The molecule has 0 aromatic heterocycles. The van der Waals surface area contributed by atoms with Crippen molar-refractivity contribution in [3.05, 3.63) is 65.7 Å². The van der Waals surface area contributed by atoms with Crippen molar-refractivity contribution in [3.8, 4) is 17.2 Å². The van der Waals surface area contributed by atoms with Crippen LogP contribution < -0.4 is 14.4 Å². The van der Waals surface area contributed by atoms with Gasteiger partial charge in [-0.3, -0.25) is 0 Å². The number of hydrogen-bond acceptors (Lipinski definition) is 3. The third-order valence-electron chi connectivity index (χ3n) is 4.53. The van der Waals surface area contributed by atoms with Crippen LogP contribution in [0.3, 0.4) is 0 Å². The van der Waals surface area contributed by atoms with E-state index >= 15 is 0 Å². The number of fused-ring (bicyclic) bond motifs is 1. The Labute approximate surface area is 154 Å². The minimum Gasteiger partial charge on any atom is -0.507 e. The van der Waals surface area contributed by atoms with Crippen molar-refractivity contribution < 1.29 is 19.5 Å². The molecule has 136 valence electrons. The number of phenolic OH excluding ortho intramolecular Hbond substituents is 1. The number of phenols is 1. The van der Waals surface area contributed by atoms with Gasteiger partial charge in [-0.25, -0.2) is 0 Å². The normalized spacial score (nSPS) is 12.1. The van der Waals surface area contributed by atoms with Gasteiger partial charge < -0.3 is 19.5 Å². The summed E-state index contributed by atoms with van der Waals surface area (Å²) in [4.78, 5) is 1.28. The van der Waals surface area contributed by atoms with Crippen LogP contribution >= 0.6 is 0 Å². The van der Waals surface area contributed by atoms with Crippen molar-refractivity contribution in [2.24, 2.45) is 0 Å². The van der Waals surface area contributed by atoms with E-state index in [4.69, 9.17) is 9.47 Å². The molecule has 2 N–H and O–H groups in total. The van der Waals surface area contributed by atoms with Gasteiger partial charge in [0, 0.05) is 5.56 Å². The fraction of sp³-hybridized carbons (Fsp3) is 0.273. The van der Waals surface area contributed by atoms with Gasteiger partial charge in [0.25, 0.3) is 0 Å². The summed E-state index contributed by atoms with van der Waals surface area (Å²) >= 11 is 0. The van der Waals surface area contributed by atoms with Crippen molar-refractivity contribution in [1.82, 2.24) is 0 Å². The summed E-state index contributed by atoms with van der Waals surface area (Å²) in [5.41, 5.74) is 2.15. The van der Waals surface area contributed by atoms with Crippen LogP contribution in [-0.2, 0) is 13.1 Å². The Hall–Kier alpha value is -2.72. The highest BCUT2D eigenvalue weighted by Gasteiger charge is 2.14. The highest BCUT2D eigenvalue weighted by atomic mass is 16.5. The highest BCUT2D eigenvalue weighted by molar-refractivity contribution is 5.87. The minimum atomic E-state index is 0.354. The second-order valence-electron chi connectivity index (χ2n) is 6.51. The van der Waals surface area contributed by atoms with Gasteiger partial charge in [0.05, 0.1) is 26.3 Å². The Morgan fingerprint density at radius 1 is 0.962 bits per heavy atom. The lowest BCUT2D eigenvalue weighted by atomic mass is 10.0. The summed E-state index contributed by atoms with van der Waals surface area (Å²) in [6.45, 7) is 4.14. The Bertz CT molecular complexity index is 892. The maximum absolute atomic E-state index is 10.4. The van der Waals surface area contributed by atoms with Crippen LogP contribution in [0.2, 0.25) is 0 Å². The molecule has 0 aliphatic rings. The lowest BCUT2D eigenvalue weighted by Crippen LogP contribution is -3.06. The maximum atomic E-state index is 10.4.